The molecule has 0 aromatic carbocycles. The molecule has 0 bridgehead atoms. The van der Waals surface area contributed by atoms with Crippen LogP contribution in [-0.2, 0) is 9.47 Å². The molecule has 0 fully saturated rings. The van der Waals surface area contributed by atoms with Crippen molar-refractivity contribution < 1.29 is 19.1 Å². The number of hydrogen-bond acceptors (Lipinski definition) is 5. The molecule has 0 N–H and O–H groups in total. The summed E-state index contributed by atoms with van der Waals surface area (Å²) in [7, 11) is 0. The Hall–Kier alpha value is -1.91. The van der Waals surface area contributed by atoms with E-state index in [4.69, 9.17) is 9.47 Å². The molecule has 24 heavy (non-hydrogen) atoms. The average Bonchev–Trinajstić information content (AvgIpc) is 2.62. The maximum Gasteiger partial charge on any atom is 0.356 e. The van der Waals surface area contributed by atoms with Crippen molar-refractivity contribution in [1.29, 1.82) is 0 Å². The van der Waals surface area contributed by atoms with Gasteiger partial charge in [-0.3, -0.25) is 0 Å². The summed E-state index contributed by atoms with van der Waals surface area (Å²) >= 11 is 0. The Morgan fingerprint density at radius 3 is 2.17 bits per heavy atom. The largest absolute Gasteiger partial charge is 0.461 e. The number of hydrogen-bond donors (Lipinski definition) is 0. The minimum Gasteiger partial charge on any atom is -0.461 e. The van der Waals surface area contributed by atoms with Gasteiger partial charge in [0.15, 0.2) is 0 Å². The van der Waals surface area contributed by atoms with Crippen LogP contribution in [-0.4, -0.2) is 30.1 Å². The number of unbranched alkanes of at least 4 members (excludes halogenated alkanes) is 3. The fourth-order valence-corrected chi connectivity index (χ4v) is 2.22. The van der Waals surface area contributed by atoms with Crippen molar-refractivity contribution in [1.82, 2.24) is 4.98 Å². The molecule has 1 aromatic rings. The molecule has 0 aliphatic rings. The van der Waals surface area contributed by atoms with Gasteiger partial charge in [0.05, 0.1) is 13.2 Å². The van der Waals surface area contributed by atoms with Crippen molar-refractivity contribution in [2.45, 2.75) is 59.3 Å². The summed E-state index contributed by atoms with van der Waals surface area (Å²) < 4.78 is 10.5. The molecule has 5 heteroatoms. The number of nitrogens with zero attached hydrogens (tertiary/aromatic N) is 1. The highest BCUT2D eigenvalue weighted by Crippen LogP contribution is 2.10. The van der Waals surface area contributed by atoms with E-state index in [1.54, 1.807) is 18.2 Å². The third-order valence-electron chi connectivity index (χ3n) is 4.00. The molecule has 0 saturated heterocycles. The average molecular weight is 335 g/mol. The number of carbonyl (C=O) groups is 2. The second-order valence-electron chi connectivity index (χ2n) is 5.89. The molecule has 134 valence electrons. The zero-order valence-electron chi connectivity index (χ0n) is 15.0. The summed E-state index contributed by atoms with van der Waals surface area (Å²) in [5, 5.41) is 0. The zero-order valence-corrected chi connectivity index (χ0v) is 15.0. The van der Waals surface area contributed by atoms with Gasteiger partial charge >= 0.3 is 11.9 Å². The highest BCUT2D eigenvalue weighted by molar-refractivity contribution is 5.91. The van der Waals surface area contributed by atoms with Gasteiger partial charge in [-0.1, -0.05) is 58.9 Å². The monoisotopic (exact) mass is 335 g/mol. The molecule has 0 aliphatic carbocycles. The van der Waals surface area contributed by atoms with E-state index < -0.39 is 11.9 Å². The minimum absolute atomic E-state index is 0.140. The van der Waals surface area contributed by atoms with Crippen LogP contribution >= 0.6 is 0 Å². The molecule has 0 unspecified atom stereocenters. The second-order valence-corrected chi connectivity index (χ2v) is 5.89. The highest BCUT2D eigenvalue weighted by Gasteiger charge is 2.15. The predicted octanol–water partition coefficient (Wildman–Crippen LogP) is 4.41. The Bertz CT molecular complexity index is 512. The van der Waals surface area contributed by atoms with Gasteiger partial charge < -0.3 is 9.47 Å². The van der Waals surface area contributed by atoms with E-state index in [0.717, 1.165) is 38.5 Å². The Labute approximate surface area is 144 Å². The lowest BCUT2D eigenvalue weighted by molar-refractivity contribution is 0.0425. The summed E-state index contributed by atoms with van der Waals surface area (Å²) in [5.41, 5.74) is 0.281. The van der Waals surface area contributed by atoms with Gasteiger partial charge in [-0.05, 0) is 24.5 Å². The van der Waals surface area contributed by atoms with E-state index in [9.17, 15) is 9.59 Å². The second kappa shape index (κ2) is 11.6. The third-order valence-corrected chi connectivity index (χ3v) is 4.00. The topological polar surface area (TPSA) is 65.5 Å². The molecular formula is C19H29NO4. The smallest absolute Gasteiger partial charge is 0.356 e. The van der Waals surface area contributed by atoms with Gasteiger partial charge in [-0.25, -0.2) is 14.6 Å². The normalized spacial score (nSPS) is 10.7. The zero-order chi connectivity index (χ0) is 17.8. The first-order valence-corrected chi connectivity index (χ1v) is 8.93. The molecule has 1 heterocycles. The van der Waals surface area contributed by atoms with E-state index in [1.807, 2.05) is 0 Å². The lowest BCUT2D eigenvalue weighted by Crippen LogP contribution is -2.16. The Kier molecular flexibility index (Phi) is 9.73. The van der Waals surface area contributed by atoms with Crippen LogP contribution in [0.25, 0.3) is 0 Å². The summed E-state index contributed by atoms with van der Waals surface area (Å²) in [6.07, 6.45) is 6.07. The van der Waals surface area contributed by atoms with E-state index >= 15 is 0 Å². The van der Waals surface area contributed by atoms with Crippen molar-refractivity contribution in [2.75, 3.05) is 13.2 Å². The maximum atomic E-state index is 12.1. The third kappa shape index (κ3) is 7.11. The lowest BCUT2D eigenvalue weighted by atomic mass is 10.1. The highest BCUT2D eigenvalue weighted by atomic mass is 16.5. The van der Waals surface area contributed by atoms with Crippen LogP contribution in [0.15, 0.2) is 18.2 Å². The maximum absolute atomic E-state index is 12.1. The van der Waals surface area contributed by atoms with Crippen LogP contribution in [0.4, 0.5) is 0 Å². The van der Waals surface area contributed by atoms with Gasteiger partial charge in [0.25, 0.3) is 0 Å². The van der Waals surface area contributed by atoms with Crippen molar-refractivity contribution in [3.63, 3.8) is 0 Å². The molecule has 5 nitrogen and oxygen atoms in total. The van der Waals surface area contributed by atoms with Gasteiger partial charge in [-0.15, -0.1) is 0 Å². The molecule has 1 aromatic heterocycles. The standard InChI is InChI=1S/C19H29NO4/c1-4-7-8-9-13-23-18(21)16-11-10-12-17(20-16)19(22)24-14-15(5-2)6-3/h10-12,15H,4-9,13-14H2,1-3H3. The summed E-state index contributed by atoms with van der Waals surface area (Å²) in [4.78, 5) is 28.1. The first-order chi connectivity index (χ1) is 11.6. The summed E-state index contributed by atoms with van der Waals surface area (Å²) in [6, 6.07) is 4.72. The Morgan fingerprint density at radius 2 is 1.58 bits per heavy atom. The fourth-order valence-electron chi connectivity index (χ4n) is 2.22. The van der Waals surface area contributed by atoms with E-state index in [1.165, 1.54) is 0 Å². The van der Waals surface area contributed by atoms with E-state index in [2.05, 4.69) is 25.8 Å². The molecule has 1 rings (SSSR count). The number of pyridine rings is 1. The van der Waals surface area contributed by atoms with Crippen molar-refractivity contribution >= 4 is 11.9 Å². The molecule has 0 saturated carbocycles. The molecule has 0 amide bonds. The quantitative estimate of drug-likeness (QED) is 0.442. The van der Waals surface area contributed by atoms with E-state index in [0.29, 0.717) is 19.1 Å². The van der Waals surface area contributed by atoms with Crippen LogP contribution in [0.1, 0.15) is 80.3 Å². The molecule has 0 radical (unpaired) electrons. The van der Waals surface area contributed by atoms with E-state index in [-0.39, 0.29) is 11.4 Å². The number of esters is 2. The van der Waals surface area contributed by atoms with Gasteiger partial charge in [-0.2, -0.15) is 0 Å². The molecule has 0 spiro atoms. The SMILES string of the molecule is CCCCCCOC(=O)c1cccc(C(=O)OCC(CC)CC)n1. The predicted molar refractivity (Wildman–Crippen MR) is 93.0 cm³/mol. The molecular weight excluding hydrogens is 306 g/mol. The Balaban J connectivity index is 2.52. The number of carbonyl (C=O) groups excluding carboxylic acids is 2. The minimum atomic E-state index is -0.500. The van der Waals surface area contributed by atoms with Crippen molar-refractivity contribution in [3.05, 3.63) is 29.6 Å². The van der Waals surface area contributed by atoms with Crippen LogP contribution in [0.3, 0.4) is 0 Å². The fraction of sp³-hybridized carbons (Fsp3) is 0.632. The molecule has 0 aliphatic heterocycles. The summed E-state index contributed by atoms with van der Waals surface area (Å²) in [6.45, 7) is 7.02. The van der Waals surface area contributed by atoms with Crippen molar-refractivity contribution in [3.8, 4) is 0 Å². The van der Waals surface area contributed by atoms with Gasteiger partial charge in [0, 0.05) is 0 Å². The number of ether oxygens (including phenoxy) is 2. The van der Waals surface area contributed by atoms with Crippen LogP contribution in [0.5, 0.6) is 0 Å². The molecule has 0 atom stereocenters. The van der Waals surface area contributed by atoms with Crippen LogP contribution in [0.2, 0.25) is 0 Å². The summed E-state index contributed by atoms with van der Waals surface area (Å²) in [5.74, 6) is -0.647. The lowest BCUT2D eigenvalue weighted by Gasteiger charge is -2.12. The number of aromatic nitrogens is 1. The van der Waals surface area contributed by atoms with Crippen LogP contribution in [0, 0.1) is 5.92 Å². The van der Waals surface area contributed by atoms with Crippen molar-refractivity contribution in [2.24, 2.45) is 5.92 Å². The Morgan fingerprint density at radius 1 is 0.958 bits per heavy atom. The number of rotatable bonds is 11. The first-order valence-electron chi connectivity index (χ1n) is 8.93. The van der Waals surface area contributed by atoms with Gasteiger partial charge in [0.2, 0.25) is 0 Å². The van der Waals surface area contributed by atoms with Gasteiger partial charge in [0.1, 0.15) is 11.4 Å². The van der Waals surface area contributed by atoms with Crippen LogP contribution < -0.4 is 0 Å². The first kappa shape index (κ1) is 20.1.